The average molecular weight is 350 g/mol. The number of para-hydroxylation sites is 2. The van der Waals surface area contributed by atoms with Gasteiger partial charge in [0.25, 0.3) is 0 Å². The van der Waals surface area contributed by atoms with Crippen molar-refractivity contribution >= 4 is 22.9 Å². The minimum absolute atomic E-state index is 0.0110. The first-order valence-electron chi connectivity index (χ1n) is 9.19. The van der Waals surface area contributed by atoms with E-state index in [0.29, 0.717) is 12.5 Å². The topological polar surface area (TPSA) is 59.0 Å². The molecular weight excluding hydrogens is 324 g/mol. The lowest BCUT2D eigenvalue weighted by Crippen LogP contribution is -2.35. The van der Waals surface area contributed by atoms with Gasteiger partial charge in [-0.2, -0.15) is 0 Å². The Labute approximate surface area is 154 Å². The molecule has 2 N–H and O–H groups in total. The summed E-state index contributed by atoms with van der Waals surface area (Å²) < 4.78 is 1.95. The minimum atomic E-state index is 0.0110. The first-order valence-corrected chi connectivity index (χ1v) is 9.19. The van der Waals surface area contributed by atoms with Crippen LogP contribution in [0.5, 0.6) is 0 Å². The van der Waals surface area contributed by atoms with Gasteiger partial charge in [-0.05, 0) is 31.0 Å². The van der Waals surface area contributed by atoms with E-state index in [4.69, 9.17) is 0 Å². The highest BCUT2D eigenvalue weighted by Gasteiger charge is 2.14. The second kappa shape index (κ2) is 8.52. The lowest BCUT2D eigenvalue weighted by atomic mass is 10.2. The number of anilines is 1. The van der Waals surface area contributed by atoms with Crippen molar-refractivity contribution in [2.75, 3.05) is 5.32 Å². The number of imidazole rings is 1. The van der Waals surface area contributed by atoms with Crippen molar-refractivity contribution in [1.29, 1.82) is 0 Å². The Hall–Kier alpha value is -2.82. The normalized spacial score (nSPS) is 12.1. The van der Waals surface area contributed by atoms with Gasteiger partial charge in [-0.1, -0.05) is 55.8 Å². The van der Waals surface area contributed by atoms with Gasteiger partial charge in [0.1, 0.15) is 6.54 Å². The van der Waals surface area contributed by atoms with Gasteiger partial charge >= 0.3 is 0 Å². The third kappa shape index (κ3) is 4.42. The van der Waals surface area contributed by atoms with E-state index < -0.39 is 0 Å². The van der Waals surface area contributed by atoms with E-state index in [0.717, 1.165) is 23.9 Å². The van der Waals surface area contributed by atoms with Crippen LogP contribution in [-0.4, -0.2) is 21.5 Å². The van der Waals surface area contributed by atoms with Crippen molar-refractivity contribution in [3.63, 3.8) is 0 Å². The van der Waals surface area contributed by atoms with Crippen LogP contribution in [-0.2, 0) is 17.9 Å². The van der Waals surface area contributed by atoms with Crippen LogP contribution in [0.25, 0.3) is 11.0 Å². The third-order valence-electron chi connectivity index (χ3n) is 4.38. The van der Waals surface area contributed by atoms with Crippen molar-refractivity contribution in [2.24, 2.45) is 0 Å². The molecule has 0 saturated carbocycles. The van der Waals surface area contributed by atoms with Crippen LogP contribution in [0.2, 0.25) is 0 Å². The molecular formula is C21H26N4O. The van der Waals surface area contributed by atoms with E-state index in [2.05, 4.69) is 34.7 Å². The Morgan fingerprint density at radius 2 is 1.85 bits per heavy atom. The van der Waals surface area contributed by atoms with Gasteiger partial charge in [-0.25, -0.2) is 4.98 Å². The predicted molar refractivity (Wildman–Crippen MR) is 106 cm³/mol. The fraction of sp³-hybridized carbons (Fsp3) is 0.333. The molecule has 3 aromatic rings. The number of rotatable bonds is 8. The zero-order chi connectivity index (χ0) is 18.4. The largest absolute Gasteiger partial charge is 0.352 e. The Kier molecular flexibility index (Phi) is 5.89. The summed E-state index contributed by atoms with van der Waals surface area (Å²) in [6, 6.07) is 18.3. The molecule has 0 radical (unpaired) electrons. The molecule has 0 fully saturated rings. The lowest BCUT2D eigenvalue weighted by molar-refractivity contribution is -0.122. The Morgan fingerprint density at radius 3 is 2.62 bits per heavy atom. The molecule has 26 heavy (non-hydrogen) atoms. The number of hydrogen-bond donors (Lipinski definition) is 2. The molecule has 1 aromatic heterocycles. The molecule has 5 heteroatoms. The summed E-state index contributed by atoms with van der Waals surface area (Å²) in [5, 5.41) is 6.44. The van der Waals surface area contributed by atoms with Crippen molar-refractivity contribution in [3.05, 3.63) is 60.2 Å². The summed E-state index contributed by atoms with van der Waals surface area (Å²) >= 11 is 0. The first-order chi connectivity index (χ1) is 12.7. The summed E-state index contributed by atoms with van der Waals surface area (Å²) in [7, 11) is 0. The summed E-state index contributed by atoms with van der Waals surface area (Å²) in [5.41, 5.74) is 3.02. The van der Waals surface area contributed by atoms with Crippen LogP contribution in [0.3, 0.4) is 0 Å². The van der Waals surface area contributed by atoms with E-state index in [1.165, 1.54) is 5.56 Å². The zero-order valence-electron chi connectivity index (χ0n) is 15.4. The van der Waals surface area contributed by atoms with Crippen molar-refractivity contribution in [3.8, 4) is 0 Å². The number of nitrogens with zero attached hydrogens (tertiary/aromatic N) is 2. The average Bonchev–Trinajstić information content (AvgIpc) is 2.98. The van der Waals surface area contributed by atoms with Crippen LogP contribution in [0.1, 0.15) is 32.3 Å². The third-order valence-corrected chi connectivity index (χ3v) is 4.38. The number of amides is 1. The van der Waals surface area contributed by atoms with Gasteiger partial charge in [0.2, 0.25) is 11.9 Å². The number of hydrogen-bond acceptors (Lipinski definition) is 3. The molecule has 0 bridgehead atoms. The molecule has 136 valence electrons. The number of carbonyl (C=O) groups is 1. The van der Waals surface area contributed by atoms with E-state index in [1.807, 2.05) is 54.0 Å². The van der Waals surface area contributed by atoms with Gasteiger partial charge in [-0.15, -0.1) is 0 Å². The highest BCUT2D eigenvalue weighted by Crippen LogP contribution is 2.20. The van der Waals surface area contributed by atoms with E-state index in [1.54, 1.807) is 0 Å². The maximum absolute atomic E-state index is 12.5. The highest BCUT2D eigenvalue weighted by molar-refractivity contribution is 5.83. The summed E-state index contributed by atoms with van der Waals surface area (Å²) in [4.78, 5) is 17.1. The lowest BCUT2D eigenvalue weighted by Gasteiger charge is -2.15. The smallest absolute Gasteiger partial charge is 0.240 e. The molecule has 0 saturated heterocycles. The zero-order valence-corrected chi connectivity index (χ0v) is 15.4. The minimum Gasteiger partial charge on any atom is -0.352 e. The summed E-state index contributed by atoms with van der Waals surface area (Å²) in [6.45, 7) is 5.09. The number of aromatic nitrogens is 2. The first kappa shape index (κ1) is 18.0. The van der Waals surface area contributed by atoms with Gasteiger partial charge in [-0.3, -0.25) is 4.79 Å². The molecule has 2 aromatic carbocycles. The molecule has 1 amide bonds. The SMILES string of the molecule is CCCC(C)NC(=O)Cn1c(NCc2ccccc2)nc2ccccc21. The number of nitrogens with one attached hydrogen (secondary N) is 2. The van der Waals surface area contributed by atoms with Gasteiger partial charge < -0.3 is 15.2 Å². The molecule has 0 spiro atoms. The van der Waals surface area contributed by atoms with Gasteiger partial charge in [0.05, 0.1) is 11.0 Å². The Balaban J connectivity index is 1.79. The molecule has 3 rings (SSSR count). The molecule has 0 aliphatic rings. The maximum Gasteiger partial charge on any atom is 0.240 e. The van der Waals surface area contributed by atoms with Crippen molar-refractivity contribution in [1.82, 2.24) is 14.9 Å². The van der Waals surface area contributed by atoms with E-state index >= 15 is 0 Å². The Bertz CT molecular complexity index is 857. The molecule has 1 atom stereocenters. The molecule has 1 heterocycles. The maximum atomic E-state index is 12.5. The second-order valence-electron chi connectivity index (χ2n) is 6.61. The predicted octanol–water partition coefficient (Wildman–Crippen LogP) is 3.95. The Morgan fingerprint density at radius 1 is 1.12 bits per heavy atom. The van der Waals surface area contributed by atoms with Crippen molar-refractivity contribution in [2.45, 2.75) is 45.8 Å². The molecule has 5 nitrogen and oxygen atoms in total. The van der Waals surface area contributed by atoms with E-state index in [9.17, 15) is 4.79 Å². The van der Waals surface area contributed by atoms with Crippen LogP contribution >= 0.6 is 0 Å². The number of carbonyl (C=O) groups excluding carboxylic acids is 1. The monoisotopic (exact) mass is 350 g/mol. The van der Waals surface area contributed by atoms with Gasteiger partial charge in [0.15, 0.2) is 0 Å². The summed E-state index contributed by atoms with van der Waals surface area (Å²) in [5.74, 6) is 0.727. The van der Waals surface area contributed by atoms with Crippen LogP contribution < -0.4 is 10.6 Å². The van der Waals surface area contributed by atoms with Crippen molar-refractivity contribution < 1.29 is 4.79 Å². The van der Waals surface area contributed by atoms with Gasteiger partial charge in [0, 0.05) is 12.6 Å². The van der Waals surface area contributed by atoms with Crippen LogP contribution in [0.15, 0.2) is 54.6 Å². The number of benzene rings is 2. The molecule has 0 aliphatic heterocycles. The fourth-order valence-corrected chi connectivity index (χ4v) is 3.12. The quantitative estimate of drug-likeness (QED) is 0.647. The van der Waals surface area contributed by atoms with Crippen LogP contribution in [0, 0.1) is 0 Å². The highest BCUT2D eigenvalue weighted by atomic mass is 16.2. The van der Waals surface area contributed by atoms with E-state index in [-0.39, 0.29) is 18.5 Å². The number of fused-ring (bicyclic) bond motifs is 1. The molecule has 0 aliphatic carbocycles. The summed E-state index contributed by atoms with van der Waals surface area (Å²) in [6.07, 6.45) is 2.04. The van der Waals surface area contributed by atoms with Crippen LogP contribution in [0.4, 0.5) is 5.95 Å². The second-order valence-corrected chi connectivity index (χ2v) is 6.61. The standard InChI is InChI=1S/C21H26N4O/c1-3-9-16(2)23-20(26)15-25-19-13-8-7-12-18(19)24-21(25)22-14-17-10-5-4-6-11-17/h4-8,10-13,16H,3,9,14-15H2,1-2H3,(H,22,24)(H,23,26). The fourth-order valence-electron chi connectivity index (χ4n) is 3.12. The molecule has 1 unspecified atom stereocenters.